The van der Waals surface area contributed by atoms with Crippen molar-refractivity contribution in [2.24, 2.45) is 0 Å². The molecule has 4 heteroatoms. The molecule has 0 aliphatic rings. The quantitative estimate of drug-likeness (QED) is 0.674. The lowest BCUT2D eigenvalue weighted by Crippen LogP contribution is -1.97. The molecule has 1 rings (SSSR count). The molecule has 0 saturated carbocycles. The van der Waals surface area contributed by atoms with Crippen LogP contribution in [0.15, 0.2) is 6.20 Å². The molecule has 1 aromatic heterocycles. The van der Waals surface area contributed by atoms with Gasteiger partial charge in [0.1, 0.15) is 0 Å². The Morgan fingerprint density at radius 3 is 2.25 bits per heavy atom. The van der Waals surface area contributed by atoms with Gasteiger partial charge in [-0.05, 0) is 18.4 Å². The minimum atomic E-state index is -2.53. The molecule has 1 heterocycles. The van der Waals surface area contributed by atoms with Crippen molar-refractivity contribution in [3.8, 4) is 0 Å². The summed E-state index contributed by atoms with van der Waals surface area (Å²) in [5.41, 5.74) is 1.57. The molecule has 0 atom stereocenters. The largest absolute Gasteiger partial charge is 0.333 e. The van der Waals surface area contributed by atoms with Crippen LogP contribution in [0.3, 0.4) is 0 Å². The van der Waals surface area contributed by atoms with Gasteiger partial charge in [0, 0.05) is 6.20 Å². The Morgan fingerprint density at radius 1 is 1.42 bits per heavy atom. The van der Waals surface area contributed by atoms with Crippen molar-refractivity contribution in [3.05, 3.63) is 17.5 Å². The molecule has 0 radical (unpaired) electrons. The van der Waals surface area contributed by atoms with Crippen molar-refractivity contribution in [2.45, 2.75) is 33.2 Å². The van der Waals surface area contributed by atoms with Gasteiger partial charge < -0.3 is 0 Å². The summed E-state index contributed by atoms with van der Waals surface area (Å²) >= 11 is 0. The molecule has 0 aromatic carbocycles. The molecule has 0 saturated heterocycles. The summed E-state index contributed by atoms with van der Waals surface area (Å²) in [4.78, 5) is 0. The Kier molecular flexibility index (Phi) is 2.45. The first-order valence-electron chi connectivity index (χ1n) is 3.86. The lowest BCUT2D eigenvalue weighted by molar-refractivity contribution is 0.0562. The maximum atomic E-state index is 12.1. The van der Waals surface area contributed by atoms with E-state index in [1.54, 1.807) is 6.92 Å². The van der Waals surface area contributed by atoms with Crippen molar-refractivity contribution >= 4 is 0 Å². The highest BCUT2D eigenvalue weighted by Gasteiger charge is 2.12. The van der Waals surface area contributed by atoms with Crippen molar-refractivity contribution < 1.29 is 8.78 Å². The molecule has 0 aliphatic heterocycles. The highest BCUT2D eigenvalue weighted by Crippen LogP contribution is 2.20. The normalized spacial score (nSPS) is 11.6. The van der Waals surface area contributed by atoms with Gasteiger partial charge in [-0.1, -0.05) is 13.8 Å². The molecule has 1 aromatic rings. The van der Waals surface area contributed by atoms with Gasteiger partial charge in [0.15, 0.2) is 0 Å². The van der Waals surface area contributed by atoms with Crippen LogP contribution in [0.25, 0.3) is 0 Å². The number of hydrogen-bond donors (Lipinski definition) is 0. The first-order valence-corrected chi connectivity index (χ1v) is 3.86. The van der Waals surface area contributed by atoms with E-state index in [4.69, 9.17) is 0 Å². The van der Waals surface area contributed by atoms with Gasteiger partial charge in [0.25, 0.3) is 0 Å². The summed E-state index contributed by atoms with van der Waals surface area (Å²) in [5, 5.41) is 3.70. The second kappa shape index (κ2) is 3.21. The summed E-state index contributed by atoms with van der Waals surface area (Å²) in [5.74, 6) is 0.248. The van der Waals surface area contributed by atoms with Crippen LogP contribution in [0.4, 0.5) is 8.78 Å². The third-order valence-corrected chi connectivity index (χ3v) is 1.78. The van der Waals surface area contributed by atoms with E-state index in [0.29, 0.717) is 10.4 Å². The van der Waals surface area contributed by atoms with E-state index in [1.807, 2.05) is 13.8 Å². The van der Waals surface area contributed by atoms with Gasteiger partial charge in [0.05, 0.1) is 5.69 Å². The van der Waals surface area contributed by atoms with Crippen LogP contribution in [0, 0.1) is 6.92 Å². The van der Waals surface area contributed by atoms with Gasteiger partial charge in [-0.3, -0.25) is 0 Å². The molecule has 2 nitrogen and oxygen atoms in total. The second-order valence-electron chi connectivity index (χ2n) is 3.08. The van der Waals surface area contributed by atoms with Gasteiger partial charge in [-0.25, -0.2) is 4.68 Å². The summed E-state index contributed by atoms with van der Waals surface area (Å²) < 4.78 is 24.9. The van der Waals surface area contributed by atoms with Gasteiger partial charge in [0.2, 0.25) is 0 Å². The average Bonchev–Trinajstić information content (AvgIpc) is 2.30. The number of alkyl halides is 2. The lowest BCUT2D eigenvalue weighted by atomic mass is 10.1. The van der Waals surface area contributed by atoms with E-state index < -0.39 is 6.55 Å². The number of hydrogen-bond acceptors (Lipinski definition) is 1. The Bertz CT molecular complexity index is 266. The smallest absolute Gasteiger partial charge is 0.211 e. The van der Waals surface area contributed by atoms with Gasteiger partial charge in [-0.2, -0.15) is 13.9 Å². The number of nitrogens with zero attached hydrogens (tertiary/aromatic N) is 2. The van der Waals surface area contributed by atoms with E-state index >= 15 is 0 Å². The number of halogens is 2. The number of rotatable bonds is 2. The lowest BCUT2D eigenvalue weighted by Gasteiger charge is -1.99. The van der Waals surface area contributed by atoms with Crippen molar-refractivity contribution in [1.82, 2.24) is 9.78 Å². The predicted octanol–water partition coefficient (Wildman–Crippen LogP) is 2.71. The van der Waals surface area contributed by atoms with Gasteiger partial charge in [-0.15, -0.1) is 0 Å². The van der Waals surface area contributed by atoms with Crippen LogP contribution in [0.1, 0.15) is 37.6 Å². The fourth-order valence-electron chi connectivity index (χ4n) is 1.16. The summed E-state index contributed by atoms with van der Waals surface area (Å²) in [7, 11) is 0. The molecule has 0 aliphatic carbocycles. The molecular formula is C8H12F2N2. The predicted molar refractivity (Wildman–Crippen MR) is 42.3 cm³/mol. The SMILES string of the molecule is Cc1nn(C(F)F)cc1C(C)C. The highest BCUT2D eigenvalue weighted by molar-refractivity contribution is 5.19. The Labute approximate surface area is 70.2 Å². The van der Waals surface area contributed by atoms with Crippen molar-refractivity contribution in [1.29, 1.82) is 0 Å². The van der Waals surface area contributed by atoms with Crippen LogP contribution < -0.4 is 0 Å². The number of aromatic nitrogens is 2. The minimum Gasteiger partial charge on any atom is -0.211 e. The molecule has 0 amide bonds. The van der Waals surface area contributed by atoms with E-state index in [0.717, 1.165) is 5.56 Å². The molecule has 0 unspecified atom stereocenters. The fraction of sp³-hybridized carbons (Fsp3) is 0.625. The molecule has 0 fully saturated rings. The fourth-order valence-corrected chi connectivity index (χ4v) is 1.16. The van der Waals surface area contributed by atoms with E-state index in [-0.39, 0.29) is 5.92 Å². The number of aryl methyl sites for hydroxylation is 1. The highest BCUT2D eigenvalue weighted by atomic mass is 19.3. The first-order chi connectivity index (χ1) is 5.52. The van der Waals surface area contributed by atoms with Crippen molar-refractivity contribution in [2.75, 3.05) is 0 Å². The molecule has 12 heavy (non-hydrogen) atoms. The first kappa shape index (κ1) is 9.16. The zero-order valence-electron chi connectivity index (χ0n) is 7.38. The maximum absolute atomic E-state index is 12.1. The molecular weight excluding hydrogens is 162 g/mol. The van der Waals surface area contributed by atoms with Crippen LogP contribution in [-0.2, 0) is 0 Å². The molecule has 68 valence electrons. The molecule has 0 spiro atoms. The third-order valence-electron chi connectivity index (χ3n) is 1.78. The minimum absolute atomic E-state index is 0.248. The molecule has 0 bridgehead atoms. The Balaban J connectivity index is 3.00. The summed E-state index contributed by atoms with van der Waals surface area (Å²) in [6, 6.07) is 0. The Hall–Kier alpha value is -0.930. The molecule has 0 N–H and O–H groups in total. The topological polar surface area (TPSA) is 17.8 Å². The van der Waals surface area contributed by atoms with Crippen LogP contribution in [0.5, 0.6) is 0 Å². The summed E-state index contributed by atoms with van der Waals surface area (Å²) in [6.07, 6.45) is 1.41. The zero-order chi connectivity index (χ0) is 9.30. The Morgan fingerprint density at radius 2 is 2.00 bits per heavy atom. The van der Waals surface area contributed by atoms with E-state index in [2.05, 4.69) is 5.10 Å². The van der Waals surface area contributed by atoms with Crippen LogP contribution >= 0.6 is 0 Å². The third kappa shape index (κ3) is 1.62. The van der Waals surface area contributed by atoms with Crippen LogP contribution in [-0.4, -0.2) is 9.78 Å². The zero-order valence-corrected chi connectivity index (χ0v) is 7.38. The standard InChI is InChI=1S/C8H12F2N2/c1-5(2)7-4-12(8(9)10)11-6(7)3/h4-5,8H,1-3H3. The maximum Gasteiger partial charge on any atom is 0.333 e. The average molecular weight is 174 g/mol. The van der Waals surface area contributed by atoms with E-state index in [1.165, 1.54) is 6.20 Å². The summed E-state index contributed by atoms with van der Waals surface area (Å²) in [6.45, 7) is 3.13. The van der Waals surface area contributed by atoms with Crippen LogP contribution in [0.2, 0.25) is 0 Å². The monoisotopic (exact) mass is 174 g/mol. The van der Waals surface area contributed by atoms with Gasteiger partial charge >= 0.3 is 6.55 Å². The van der Waals surface area contributed by atoms with E-state index in [9.17, 15) is 8.78 Å². The van der Waals surface area contributed by atoms with Crippen molar-refractivity contribution in [3.63, 3.8) is 0 Å². The second-order valence-corrected chi connectivity index (χ2v) is 3.08.